The molecule has 0 aliphatic carbocycles. The van der Waals surface area contributed by atoms with Gasteiger partial charge in [-0.25, -0.2) is 0 Å². The van der Waals surface area contributed by atoms with Gasteiger partial charge in [-0.1, -0.05) is 12.1 Å². The standard InChI is InChI=1S/C20H17BrN2O4S/c1-26-17-8-6-12(10-15(17)18-9-7-13(11-24)27-18)22-20(28)23-19(25)14-4-2-3-5-16(14)21/h2-10,24H,11H2,1H3,(H2,22,23,25,28). The van der Waals surface area contributed by atoms with E-state index < -0.39 is 0 Å². The van der Waals surface area contributed by atoms with Crippen molar-refractivity contribution >= 4 is 44.9 Å². The van der Waals surface area contributed by atoms with E-state index in [-0.39, 0.29) is 17.6 Å². The van der Waals surface area contributed by atoms with E-state index in [1.54, 1.807) is 55.6 Å². The molecule has 0 spiro atoms. The zero-order chi connectivity index (χ0) is 20.1. The number of aliphatic hydroxyl groups is 1. The van der Waals surface area contributed by atoms with E-state index in [2.05, 4.69) is 26.6 Å². The van der Waals surface area contributed by atoms with Crippen LogP contribution in [0.3, 0.4) is 0 Å². The summed E-state index contributed by atoms with van der Waals surface area (Å²) in [5.74, 6) is 1.28. The third-order valence-electron chi connectivity index (χ3n) is 3.89. The van der Waals surface area contributed by atoms with Crippen LogP contribution in [0.2, 0.25) is 0 Å². The Bertz CT molecular complexity index is 1020. The number of methoxy groups -OCH3 is 1. The fraction of sp³-hybridized carbons (Fsp3) is 0.100. The Hall–Kier alpha value is -2.68. The summed E-state index contributed by atoms with van der Waals surface area (Å²) in [6.07, 6.45) is 0. The predicted molar refractivity (Wildman–Crippen MR) is 114 cm³/mol. The van der Waals surface area contributed by atoms with E-state index in [0.29, 0.717) is 38.6 Å². The fourth-order valence-electron chi connectivity index (χ4n) is 2.56. The van der Waals surface area contributed by atoms with Crippen molar-refractivity contribution in [1.82, 2.24) is 5.32 Å². The normalized spacial score (nSPS) is 10.4. The van der Waals surface area contributed by atoms with Gasteiger partial charge in [0.05, 0.1) is 18.2 Å². The molecule has 0 saturated heterocycles. The molecular weight excluding hydrogens is 444 g/mol. The Balaban J connectivity index is 1.77. The Kier molecular flexibility index (Phi) is 6.45. The lowest BCUT2D eigenvalue weighted by Crippen LogP contribution is -2.34. The maximum atomic E-state index is 12.4. The van der Waals surface area contributed by atoms with Crippen LogP contribution in [-0.2, 0) is 6.61 Å². The number of hydrogen-bond acceptors (Lipinski definition) is 5. The Morgan fingerprint density at radius 3 is 2.68 bits per heavy atom. The molecule has 0 bridgehead atoms. The zero-order valence-corrected chi connectivity index (χ0v) is 17.3. The van der Waals surface area contributed by atoms with Gasteiger partial charge in [-0.2, -0.15) is 0 Å². The van der Waals surface area contributed by atoms with Crippen molar-refractivity contribution in [3.05, 3.63) is 70.4 Å². The van der Waals surface area contributed by atoms with Crippen LogP contribution in [-0.4, -0.2) is 23.2 Å². The smallest absolute Gasteiger partial charge is 0.258 e. The highest BCUT2D eigenvalue weighted by Gasteiger charge is 2.14. The van der Waals surface area contributed by atoms with Crippen LogP contribution in [0.4, 0.5) is 5.69 Å². The summed E-state index contributed by atoms with van der Waals surface area (Å²) in [4.78, 5) is 12.4. The summed E-state index contributed by atoms with van der Waals surface area (Å²) in [6, 6.07) is 15.8. The van der Waals surface area contributed by atoms with Crippen LogP contribution in [0.5, 0.6) is 5.75 Å². The van der Waals surface area contributed by atoms with Gasteiger partial charge in [-0.15, -0.1) is 0 Å². The van der Waals surface area contributed by atoms with Crippen molar-refractivity contribution in [3.8, 4) is 17.1 Å². The molecule has 1 aromatic heterocycles. The number of amides is 1. The SMILES string of the molecule is COc1ccc(NC(=S)NC(=O)c2ccccc2Br)cc1-c1ccc(CO)o1. The average molecular weight is 461 g/mol. The van der Waals surface area contributed by atoms with Crippen molar-refractivity contribution in [2.75, 3.05) is 12.4 Å². The second-order valence-electron chi connectivity index (χ2n) is 5.73. The number of hydrogen-bond donors (Lipinski definition) is 3. The summed E-state index contributed by atoms with van der Waals surface area (Å²) in [5, 5.41) is 15.0. The van der Waals surface area contributed by atoms with Crippen molar-refractivity contribution in [1.29, 1.82) is 0 Å². The van der Waals surface area contributed by atoms with Gasteiger partial charge in [-0.3, -0.25) is 10.1 Å². The molecule has 3 aromatic rings. The minimum Gasteiger partial charge on any atom is -0.496 e. The van der Waals surface area contributed by atoms with Crippen LogP contribution < -0.4 is 15.4 Å². The molecule has 0 radical (unpaired) electrons. The van der Waals surface area contributed by atoms with Crippen LogP contribution in [0.1, 0.15) is 16.1 Å². The number of carbonyl (C=O) groups excluding carboxylic acids is 1. The highest BCUT2D eigenvalue weighted by molar-refractivity contribution is 9.10. The first-order chi connectivity index (χ1) is 13.5. The molecule has 8 heteroatoms. The van der Waals surface area contributed by atoms with Gasteiger partial charge in [0.2, 0.25) is 0 Å². The van der Waals surface area contributed by atoms with E-state index in [9.17, 15) is 9.90 Å². The lowest BCUT2D eigenvalue weighted by molar-refractivity contribution is 0.0977. The molecule has 6 nitrogen and oxygen atoms in total. The Labute approximate surface area is 175 Å². The van der Waals surface area contributed by atoms with Gasteiger partial charge in [0.15, 0.2) is 5.11 Å². The summed E-state index contributed by atoms with van der Waals surface area (Å²) in [7, 11) is 1.56. The van der Waals surface area contributed by atoms with E-state index in [0.717, 1.165) is 0 Å². The van der Waals surface area contributed by atoms with Crippen LogP contribution in [0, 0.1) is 0 Å². The van der Waals surface area contributed by atoms with E-state index in [1.807, 2.05) is 6.07 Å². The summed E-state index contributed by atoms with van der Waals surface area (Å²) in [5.41, 5.74) is 1.82. The third kappa shape index (κ3) is 4.59. The van der Waals surface area contributed by atoms with Crippen LogP contribution in [0.15, 0.2) is 63.5 Å². The molecule has 0 saturated carbocycles. The number of ether oxygens (including phenoxy) is 1. The maximum absolute atomic E-state index is 12.4. The lowest BCUT2D eigenvalue weighted by atomic mass is 10.1. The molecule has 1 amide bonds. The molecule has 3 N–H and O–H groups in total. The number of anilines is 1. The predicted octanol–water partition coefficient (Wildman–Crippen LogP) is 4.34. The molecule has 0 aliphatic rings. The maximum Gasteiger partial charge on any atom is 0.258 e. The Morgan fingerprint density at radius 1 is 1.21 bits per heavy atom. The summed E-state index contributed by atoms with van der Waals surface area (Å²) < 4.78 is 11.7. The third-order valence-corrected chi connectivity index (χ3v) is 4.78. The van der Waals surface area contributed by atoms with Gasteiger partial charge in [0.25, 0.3) is 5.91 Å². The molecule has 1 heterocycles. The summed E-state index contributed by atoms with van der Waals surface area (Å²) >= 11 is 8.60. The van der Waals surface area contributed by atoms with Gasteiger partial charge < -0.3 is 19.6 Å². The first kappa shape index (κ1) is 20.1. The number of furan rings is 1. The van der Waals surface area contributed by atoms with Crippen molar-refractivity contribution < 1.29 is 19.1 Å². The molecule has 0 fully saturated rings. The summed E-state index contributed by atoms with van der Waals surface area (Å²) in [6.45, 7) is -0.189. The highest BCUT2D eigenvalue weighted by atomic mass is 79.9. The number of nitrogens with one attached hydrogen (secondary N) is 2. The zero-order valence-electron chi connectivity index (χ0n) is 14.9. The van der Waals surface area contributed by atoms with E-state index in [1.165, 1.54) is 0 Å². The number of benzene rings is 2. The first-order valence-corrected chi connectivity index (χ1v) is 9.46. The van der Waals surface area contributed by atoms with Crippen LogP contribution >= 0.6 is 28.1 Å². The van der Waals surface area contributed by atoms with Crippen molar-refractivity contribution in [2.24, 2.45) is 0 Å². The first-order valence-electron chi connectivity index (χ1n) is 8.26. The molecular formula is C20H17BrN2O4S. The van der Waals surface area contributed by atoms with E-state index in [4.69, 9.17) is 21.4 Å². The molecule has 0 unspecified atom stereocenters. The second kappa shape index (κ2) is 9.01. The number of aliphatic hydroxyl groups excluding tert-OH is 1. The average Bonchev–Trinajstić information content (AvgIpc) is 3.17. The molecule has 0 atom stereocenters. The fourth-order valence-corrected chi connectivity index (χ4v) is 3.24. The Morgan fingerprint density at radius 2 is 2.00 bits per heavy atom. The molecule has 2 aromatic carbocycles. The number of thiocarbonyl (C=S) groups is 1. The number of carbonyl (C=O) groups is 1. The minimum absolute atomic E-state index is 0.160. The molecule has 144 valence electrons. The highest BCUT2D eigenvalue weighted by Crippen LogP contribution is 2.33. The number of halogens is 1. The van der Waals surface area contributed by atoms with Crippen molar-refractivity contribution in [2.45, 2.75) is 6.61 Å². The largest absolute Gasteiger partial charge is 0.496 e. The second-order valence-corrected chi connectivity index (χ2v) is 6.99. The van der Waals surface area contributed by atoms with Crippen LogP contribution in [0.25, 0.3) is 11.3 Å². The van der Waals surface area contributed by atoms with Gasteiger partial charge in [0.1, 0.15) is 23.9 Å². The van der Waals surface area contributed by atoms with Gasteiger partial charge >= 0.3 is 0 Å². The molecule has 3 rings (SSSR count). The van der Waals surface area contributed by atoms with Gasteiger partial charge in [0, 0.05) is 10.2 Å². The molecule has 0 aliphatic heterocycles. The van der Waals surface area contributed by atoms with Gasteiger partial charge in [-0.05, 0) is 70.6 Å². The lowest BCUT2D eigenvalue weighted by Gasteiger charge is -2.13. The minimum atomic E-state index is -0.322. The topological polar surface area (TPSA) is 83.7 Å². The van der Waals surface area contributed by atoms with E-state index >= 15 is 0 Å². The quantitative estimate of drug-likeness (QED) is 0.491. The number of rotatable bonds is 5. The monoisotopic (exact) mass is 460 g/mol. The molecule has 28 heavy (non-hydrogen) atoms. The van der Waals surface area contributed by atoms with Crippen molar-refractivity contribution in [3.63, 3.8) is 0 Å².